The first-order chi connectivity index (χ1) is 13.7. The summed E-state index contributed by atoms with van der Waals surface area (Å²) in [6, 6.07) is 25.3. The van der Waals surface area contributed by atoms with Crippen LogP contribution in [-0.2, 0) is 0 Å². The smallest absolute Gasteiger partial charge is 0.266 e. The van der Waals surface area contributed by atoms with Gasteiger partial charge in [0.1, 0.15) is 17.4 Å². The van der Waals surface area contributed by atoms with Crippen LogP contribution in [0.5, 0.6) is 5.75 Å². The Balaban J connectivity index is 2.01. The first-order valence-electron chi connectivity index (χ1n) is 9.10. The third-order valence-electron chi connectivity index (χ3n) is 4.70. The number of pyridine rings is 1. The molecule has 0 radical (unpaired) electrons. The molecule has 136 valence electrons. The molecule has 1 aromatic heterocycles. The van der Waals surface area contributed by atoms with Crippen LogP contribution in [0, 0.1) is 11.3 Å². The molecule has 4 rings (SSSR count). The van der Waals surface area contributed by atoms with Crippen LogP contribution in [0.15, 0.2) is 77.6 Å². The van der Waals surface area contributed by atoms with Crippen LogP contribution in [0.25, 0.3) is 33.2 Å². The minimum Gasteiger partial charge on any atom is -0.493 e. The molecule has 0 aliphatic rings. The molecule has 28 heavy (non-hydrogen) atoms. The van der Waals surface area contributed by atoms with Crippen molar-refractivity contribution < 1.29 is 4.74 Å². The molecule has 0 aliphatic heterocycles. The van der Waals surface area contributed by atoms with Gasteiger partial charge < -0.3 is 9.72 Å². The fourth-order valence-electron chi connectivity index (χ4n) is 3.46. The predicted molar refractivity (Wildman–Crippen MR) is 111 cm³/mol. The van der Waals surface area contributed by atoms with Crippen molar-refractivity contribution in [2.24, 2.45) is 0 Å². The fourth-order valence-corrected chi connectivity index (χ4v) is 3.46. The van der Waals surface area contributed by atoms with Gasteiger partial charge in [0.15, 0.2) is 0 Å². The summed E-state index contributed by atoms with van der Waals surface area (Å²) in [5, 5.41) is 11.7. The Labute approximate surface area is 162 Å². The van der Waals surface area contributed by atoms with Gasteiger partial charge in [-0.2, -0.15) is 5.26 Å². The van der Waals surface area contributed by atoms with E-state index in [1.807, 2.05) is 85.8 Å². The van der Waals surface area contributed by atoms with Crippen molar-refractivity contribution in [1.82, 2.24) is 4.98 Å². The second kappa shape index (κ2) is 7.42. The monoisotopic (exact) mass is 366 g/mol. The number of nitrogens with one attached hydrogen (secondary N) is 1. The molecule has 0 unspecified atom stereocenters. The lowest BCUT2D eigenvalue weighted by molar-refractivity contribution is 0.341. The van der Waals surface area contributed by atoms with Crippen LogP contribution >= 0.6 is 0 Å². The molecule has 0 aliphatic carbocycles. The molecule has 4 nitrogen and oxygen atoms in total. The fraction of sp³-hybridized carbons (Fsp3) is 0.0833. The van der Waals surface area contributed by atoms with Crippen molar-refractivity contribution in [3.63, 3.8) is 0 Å². The highest BCUT2D eigenvalue weighted by Gasteiger charge is 2.16. The van der Waals surface area contributed by atoms with Gasteiger partial charge in [0.2, 0.25) is 0 Å². The highest BCUT2D eigenvalue weighted by molar-refractivity contribution is 5.96. The van der Waals surface area contributed by atoms with Crippen molar-refractivity contribution in [3.05, 3.63) is 88.7 Å². The average molecular weight is 366 g/mol. The number of aromatic amines is 1. The Morgan fingerprint density at radius 2 is 1.64 bits per heavy atom. The van der Waals surface area contributed by atoms with E-state index in [1.54, 1.807) is 0 Å². The molecular formula is C24H18N2O2. The van der Waals surface area contributed by atoms with E-state index in [0.717, 1.165) is 21.9 Å². The van der Waals surface area contributed by atoms with Gasteiger partial charge in [-0.3, -0.25) is 4.79 Å². The quantitative estimate of drug-likeness (QED) is 0.544. The second-order valence-corrected chi connectivity index (χ2v) is 6.37. The lowest BCUT2D eigenvalue weighted by Gasteiger charge is -2.13. The molecule has 4 aromatic rings. The second-order valence-electron chi connectivity index (χ2n) is 6.37. The topological polar surface area (TPSA) is 65.9 Å². The van der Waals surface area contributed by atoms with Gasteiger partial charge in [0.25, 0.3) is 5.56 Å². The first-order valence-corrected chi connectivity index (χ1v) is 9.10. The lowest BCUT2D eigenvalue weighted by Crippen LogP contribution is -2.13. The number of H-pyrrole nitrogens is 1. The summed E-state index contributed by atoms with van der Waals surface area (Å²) >= 11 is 0. The molecule has 1 heterocycles. The van der Waals surface area contributed by atoms with E-state index < -0.39 is 5.56 Å². The minimum absolute atomic E-state index is 0.0798. The number of benzene rings is 3. The number of fused-ring (bicyclic) bond motifs is 1. The maximum absolute atomic E-state index is 12.7. The number of aromatic nitrogens is 1. The number of hydrogen-bond acceptors (Lipinski definition) is 3. The van der Waals surface area contributed by atoms with E-state index in [1.165, 1.54) is 0 Å². The van der Waals surface area contributed by atoms with Crippen LogP contribution in [0.4, 0.5) is 0 Å². The van der Waals surface area contributed by atoms with Crippen LogP contribution < -0.4 is 10.3 Å². The van der Waals surface area contributed by atoms with Gasteiger partial charge in [0.05, 0.1) is 6.61 Å². The van der Waals surface area contributed by atoms with E-state index >= 15 is 0 Å². The van der Waals surface area contributed by atoms with Crippen molar-refractivity contribution in [1.29, 1.82) is 5.26 Å². The zero-order chi connectivity index (χ0) is 19.5. The molecule has 0 saturated carbocycles. The lowest BCUT2D eigenvalue weighted by atomic mass is 9.96. The number of hydrogen-bond donors (Lipinski definition) is 1. The van der Waals surface area contributed by atoms with Crippen molar-refractivity contribution >= 4 is 10.8 Å². The normalized spacial score (nSPS) is 10.6. The summed E-state index contributed by atoms with van der Waals surface area (Å²) in [5.74, 6) is 0.649. The zero-order valence-electron chi connectivity index (χ0n) is 15.4. The molecule has 0 bridgehead atoms. The van der Waals surface area contributed by atoms with Crippen molar-refractivity contribution in [2.75, 3.05) is 6.61 Å². The van der Waals surface area contributed by atoms with E-state index in [9.17, 15) is 10.1 Å². The van der Waals surface area contributed by atoms with Crippen molar-refractivity contribution in [2.45, 2.75) is 6.92 Å². The third-order valence-corrected chi connectivity index (χ3v) is 4.70. The van der Waals surface area contributed by atoms with Gasteiger partial charge in [0, 0.05) is 22.4 Å². The Hall–Kier alpha value is -3.84. The molecule has 0 saturated heterocycles. The summed E-state index contributed by atoms with van der Waals surface area (Å²) < 4.78 is 5.72. The molecule has 0 spiro atoms. The Bertz CT molecular complexity index is 1260. The third kappa shape index (κ3) is 3.04. The Kier molecular flexibility index (Phi) is 4.65. The Morgan fingerprint density at radius 1 is 0.929 bits per heavy atom. The van der Waals surface area contributed by atoms with Crippen LogP contribution in [0.3, 0.4) is 0 Å². The maximum Gasteiger partial charge on any atom is 0.266 e. The first kappa shape index (κ1) is 17.6. The standard InChI is InChI=1S/C24H18N2O2/c1-2-28-23-13-6-5-11-19(23)20-14-22(26-24(27)21(20)15-25)18-12-7-9-16-8-3-4-10-17(16)18/h3-14H,2H2,1H3,(H,26,27). The number of nitriles is 1. The van der Waals surface area contributed by atoms with Gasteiger partial charge >= 0.3 is 0 Å². The van der Waals surface area contributed by atoms with Crippen LogP contribution in [0.2, 0.25) is 0 Å². The van der Waals surface area contributed by atoms with Gasteiger partial charge in [-0.15, -0.1) is 0 Å². The summed E-state index contributed by atoms with van der Waals surface area (Å²) in [7, 11) is 0. The molecule has 3 aromatic carbocycles. The summed E-state index contributed by atoms with van der Waals surface area (Å²) in [4.78, 5) is 15.6. The molecule has 4 heteroatoms. The van der Waals surface area contributed by atoms with Gasteiger partial charge in [-0.05, 0) is 29.8 Å². The minimum atomic E-state index is -0.408. The Morgan fingerprint density at radius 3 is 2.46 bits per heavy atom. The van der Waals surface area contributed by atoms with E-state index in [2.05, 4.69) is 4.98 Å². The number of rotatable bonds is 4. The largest absolute Gasteiger partial charge is 0.493 e. The van der Waals surface area contributed by atoms with Crippen LogP contribution in [0.1, 0.15) is 12.5 Å². The highest BCUT2D eigenvalue weighted by atomic mass is 16.5. The van der Waals surface area contributed by atoms with Gasteiger partial charge in [-0.25, -0.2) is 0 Å². The average Bonchev–Trinajstić information content (AvgIpc) is 2.73. The highest BCUT2D eigenvalue weighted by Crippen LogP contribution is 2.34. The summed E-state index contributed by atoms with van der Waals surface area (Å²) in [5.41, 5.74) is 2.55. The van der Waals surface area contributed by atoms with E-state index in [0.29, 0.717) is 23.6 Å². The number of ether oxygens (including phenoxy) is 1. The maximum atomic E-state index is 12.7. The van der Waals surface area contributed by atoms with E-state index in [-0.39, 0.29) is 5.56 Å². The molecule has 0 fully saturated rings. The zero-order valence-corrected chi connectivity index (χ0v) is 15.4. The SMILES string of the molecule is CCOc1ccccc1-c1cc(-c2cccc3ccccc23)[nH]c(=O)c1C#N. The van der Waals surface area contributed by atoms with E-state index in [4.69, 9.17) is 4.74 Å². The molecule has 0 atom stereocenters. The number of nitrogens with zero attached hydrogens (tertiary/aromatic N) is 1. The number of para-hydroxylation sites is 1. The summed E-state index contributed by atoms with van der Waals surface area (Å²) in [6.07, 6.45) is 0. The predicted octanol–water partition coefficient (Wildman–Crippen LogP) is 5.13. The summed E-state index contributed by atoms with van der Waals surface area (Å²) in [6.45, 7) is 2.40. The van der Waals surface area contributed by atoms with Crippen molar-refractivity contribution in [3.8, 4) is 34.2 Å². The van der Waals surface area contributed by atoms with Gasteiger partial charge in [-0.1, -0.05) is 60.7 Å². The molecule has 1 N–H and O–H groups in total. The molecule has 0 amide bonds. The van der Waals surface area contributed by atoms with Crippen LogP contribution in [-0.4, -0.2) is 11.6 Å². The molecular weight excluding hydrogens is 348 g/mol.